The highest BCUT2D eigenvalue weighted by molar-refractivity contribution is 5.54. The molecule has 0 amide bonds. The molecule has 2 heterocycles. The summed E-state index contributed by atoms with van der Waals surface area (Å²) in [6, 6.07) is 7.51. The maximum atomic E-state index is 5.73. The summed E-state index contributed by atoms with van der Waals surface area (Å²) >= 11 is 0. The van der Waals surface area contributed by atoms with Crippen LogP contribution in [0.1, 0.15) is 43.2 Å². The highest BCUT2D eigenvalue weighted by Gasteiger charge is 2.26. The van der Waals surface area contributed by atoms with E-state index in [0.29, 0.717) is 6.54 Å². The first-order chi connectivity index (χ1) is 10.3. The standard InChI is InChI=1S/C18H29N3/c1-15-13-16(14-19)5-6-18(15)21-11-7-17(8-12-21)20-9-3-2-4-10-20/h5-6,13,17H,2-4,7-12,14,19H2,1H3. The molecule has 0 unspecified atom stereocenters. The van der Waals surface area contributed by atoms with Crippen molar-refractivity contribution in [3.8, 4) is 0 Å². The van der Waals surface area contributed by atoms with Gasteiger partial charge in [-0.25, -0.2) is 0 Å². The predicted molar refractivity (Wildman–Crippen MR) is 89.7 cm³/mol. The van der Waals surface area contributed by atoms with E-state index in [1.165, 1.54) is 75.1 Å². The van der Waals surface area contributed by atoms with Gasteiger partial charge in [-0.2, -0.15) is 0 Å². The van der Waals surface area contributed by atoms with Gasteiger partial charge in [0.05, 0.1) is 0 Å². The Labute approximate surface area is 129 Å². The van der Waals surface area contributed by atoms with Crippen molar-refractivity contribution in [1.82, 2.24) is 4.90 Å². The smallest absolute Gasteiger partial charge is 0.0396 e. The molecule has 0 bridgehead atoms. The molecular weight excluding hydrogens is 258 g/mol. The van der Waals surface area contributed by atoms with Crippen LogP contribution < -0.4 is 10.6 Å². The first kappa shape index (κ1) is 14.9. The Morgan fingerprint density at radius 1 is 1.05 bits per heavy atom. The third-order valence-electron chi connectivity index (χ3n) is 5.21. The third-order valence-corrected chi connectivity index (χ3v) is 5.21. The quantitative estimate of drug-likeness (QED) is 0.928. The van der Waals surface area contributed by atoms with Gasteiger partial charge in [-0.15, -0.1) is 0 Å². The van der Waals surface area contributed by atoms with E-state index >= 15 is 0 Å². The molecule has 2 aliphatic rings. The van der Waals surface area contributed by atoms with E-state index in [4.69, 9.17) is 5.73 Å². The van der Waals surface area contributed by atoms with Crippen molar-refractivity contribution in [2.24, 2.45) is 5.73 Å². The molecule has 3 rings (SSSR count). The average Bonchev–Trinajstić information content (AvgIpc) is 2.56. The van der Waals surface area contributed by atoms with Crippen LogP contribution in [0.25, 0.3) is 0 Å². The van der Waals surface area contributed by atoms with Crippen molar-refractivity contribution < 1.29 is 0 Å². The normalized spacial score (nSPS) is 21.7. The van der Waals surface area contributed by atoms with Crippen LogP contribution in [0.15, 0.2) is 18.2 Å². The van der Waals surface area contributed by atoms with Gasteiger partial charge >= 0.3 is 0 Å². The second-order valence-electron chi connectivity index (χ2n) is 6.64. The zero-order valence-electron chi connectivity index (χ0n) is 13.4. The minimum atomic E-state index is 0.637. The molecule has 3 nitrogen and oxygen atoms in total. The molecule has 0 saturated carbocycles. The molecule has 1 aromatic rings. The topological polar surface area (TPSA) is 32.5 Å². The van der Waals surface area contributed by atoms with Crippen LogP contribution in [0, 0.1) is 6.92 Å². The molecular formula is C18H29N3. The number of likely N-dealkylation sites (tertiary alicyclic amines) is 1. The van der Waals surface area contributed by atoms with Crippen molar-refractivity contribution >= 4 is 5.69 Å². The van der Waals surface area contributed by atoms with Crippen LogP contribution in [0.3, 0.4) is 0 Å². The van der Waals surface area contributed by atoms with Crippen LogP contribution in [0.4, 0.5) is 5.69 Å². The van der Waals surface area contributed by atoms with E-state index in [-0.39, 0.29) is 0 Å². The Balaban J connectivity index is 1.60. The second-order valence-corrected chi connectivity index (χ2v) is 6.64. The SMILES string of the molecule is Cc1cc(CN)ccc1N1CCC(N2CCCCC2)CC1. The van der Waals surface area contributed by atoms with Gasteiger partial charge in [-0.05, 0) is 62.9 Å². The molecule has 0 aromatic heterocycles. The Bertz CT molecular complexity index is 458. The molecule has 0 atom stereocenters. The summed E-state index contributed by atoms with van der Waals surface area (Å²) in [5.41, 5.74) is 9.74. The summed E-state index contributed by atoms with van der Waals surface area (Å²) < 4.78 is 0. The number of anilines is 1. The van der Waals surface area contributed by atoms with Crippen molar-refractivity contribution in [1.29, 1.82) is 0 Å². The molecule has 116 valence electrons. The average molecular weight is 287 g/mol. The van der Waals surface area contributed by atoms with Crippen LogP contribution in [-0.2, 0) is 6.54 Å². The van der Waals surface area contributed by atoms with Crippen molar-refractivity contribution in [3.05, 3.63) is 29.3 Å². The number of nitrogens with zero attached hydrogens (tertiary/aromatic N) is 2. The zero-order valence-corrected chi connectivity index (χ0v) is 13.4. The Hall–Kier alpha value is -1.06. The molecule has 0 radical (unpaired) electrons. The summed E-state index contributed by atoms with van der Waals surface area (Å²) in [6.07, 6.45) is 6.87. The summed E-state index contributed by atoms with van der Waals surface area (Å²) in [5.74, 6) is 0. The summed E-state index contributed by atoms with van der Waals surface area (Å²) in [5, 5.41) is 0. The zero-order chi connectivity index (χ0) is 14.7. The minimum absolute atomic E-state index is 0.637. The third kappa shape index (κ3) is 3.41. The molecule has 21 heavy (non-hydrogen) atoms. The van der Waals surface area contributed by atoms with E-state index in [2.05, 4.69) is 34.9 Å². The van der Waals surface area contributed by atoms with Gasteiger partial charge in [0.15, 0.2) is 0 Å². The molecule has 2 N–H and O–H groups in total. The number of aryl methyl sites for hydroxylation is 1. The molecule has 0 aliphatic carbocycles. The molecule has 2 saturated heterocycles. The summed E-state index contributed by atoms with van der Waals surface area (Å²) in [6.45, 7) is 7.90. The molecule has 2 aliphatic heterocycles. The number of rotatable bonds is 3. The van der Waals surface area contributed by atoms with Gasteiger partial charge in [0.2, 0.25) is 0 Å². The number of hydrogen-bond acceptors (Lipinski definition) is 3. The van der Waals surface area contributed by atoms with Crippen LogP contribution >= 0.6 is 0 Å². The van der Waals surface area contributed by atoms with Gasteiger partial charge in [-0.1, -0.05) is 18.6 Å². The van der Waals surface area contributed by atoms with E-state index in [1.807, 2.05) is 0 Å². The lowest BCUT2D eigenvalue weighted by molar-refractivity contribution is 0.141. The van der Waals surface area contributed by atoms with Crippen molar-refractivity contribution in [2.75, 3.05) is 31.1 Å². The fourth-order valence-electron chi connectivity index (χ4n) is 3.95. The van der Waals surface area contributed by atoms with E-state index in [9.17, 15) is 0 Å². The van der Waals surface area contributed by atoms with E-state index in [1.54, 1.807) is 0 Å². The minimum Gasteiger partial charge on any atom is -0.371 e. The summed E-state index contributed by atoms with van der Waals surface area (Å²) in [7, 11) is 0. The second kappa shape index (κ2) is 6.80. The number of piperidine rings is 2. The summed E-state index contributed by atoms with van der Waals surface area (Å²) in [4.78, 5) is 5.31. The first-order valence-corrected chi connectivity index (χ1v) is 8.56. The largest absolute Gasteiger partial charge is 0.371 e. The lowest BCUT2D eigenvalue weighted by Crippen LogP contribution is -2.46. The van der Waals surface area contributed by atoms with Crippen LogP contribution in [0.5, 0.6) is 0 Å². The number of benzene rings is 1. The molecule has 1 aromatic carbocycles. The maximum absolute atomic E-state index is 5.73. The van der Waals surface area contributed by atoms with Crippen LogP contribution in [-0.4, -0.2) is 37.1 Å². The lowest BCUT2D eigenvalue weighted by atomic mass is 9.98. The van der Waals surface area contributed by atoms with E-state index in [0.717, 1.165) is 6.04 Å². The van der Waals surface area contributed by atoms with Crippen molar-refractivity contribution in [2.45, 2.75) is 51.6 Å². The Kier molecular flexibility index (Phi) is 4.81. The fourth-order valence-corrected chi connectivity index (χ4v) is 3.95. The van der Waals surface area contributed by atoms with Crippen LogP contribution in [0.2, 0.25) is 0 Å². The monoisotopic (exact) mass is 287 g/mol. The molecule has 0 spiro atoms. The van der Waals surface area contributed by atoms with Gasteiger partial charge < -0.3 is 15.5 Å². The predicted octanol–water partition coefficient (Wildman–Crippen LogP) is 2.91. The van der Waals surface area contributed by atoms with Gasteiger partial charge in [-0.3, -0.25) is 0 Å². The van der Waals surface area contributed by atoms with Gasteiger partial charge in [0, 0.05) is 31.4 Å². The molecule has 3 heteroatoms. The highest BCUT2D eigenvalue weighted by Crippen LogP contribution is 2.27. The highest BCUT2D eigenvalue weighted by atomic mass is 15.2. The van der Waals surface area contributed by atoms with E-state index < -0.39 is 0 Å². The lowest BCUT2D eigenvalue weighted by Gasteiger charge is -2.41. The molecule has 2 fully saturated rings. The maximum Gasteiger partial charge on any atom is 0.0396 e. The Morgan fingerprint density at radius 3 is 2.38 bits per heavy atom. The first-order valence-electron chi connectivity index (χ1n) is 8.56. The Morgan fingerprint density at radius 2 is 1.76 bits per heavy atom. The number of nitrogens with two attached hydrogens (primary N) is 1. The van der Waals surface area contributed by atoms with Gasteiger partial charge in [0.1, 0.15) is 0 Å². The fraction of sp³-hybridized carbons (Fsp3) is 0.667. The van der Waals surface area contributed by atoms with Crippen molar-refractivity contribution in [3.63, 3.8) is 0 Å². The van der Waals surface area contributed by atoms with Gasteiger partial charge in [0.25, 0.3) is 0 Å². The number of hydrogen-bond donors (Lipinski definition) is 1.